The zero-order valence-electron chi connectivity index (χ0n) is 14.5. The number of thioether (sulfide) groups is 1. The molecule has 0 bridgehead atoms. The lowest BCUT2D eigenvalue weighted by molar-refractivity contribution is 0.578. The molecule has 0 saturated heterocycles. The molecule has 5 nitrogen and oxygen atoms in total. The zero-order chi connectivity index (χ0) is 18.4. The van der Waals surface area contributed by atoms with Gasteiger partial charge in [-0.05, 0) is 55.7 Å². The SMILES string of the molecule is C#Cc1cnc2cc(C)c(C)cc2c1SCCCCCNS(N)(=O)=O. The van der Waals surface area contributed by atoms with Gasteiger partial charge in [-0.3, -0.25) is 4.98 Å². The number of pyridine rings is 1. The molecule has 7 heteroatoms. The lowest BCUT2D eigenvalue weighted by Gasteiger charge is -2.11. The van der Waals surface area contributed by atoms with E-state index >= 15 is 0 Å². The summed E-state index contributed by atoms with van der Waals surface area (Å²) in [5.41, 5.74) is 4.21. The number of fused-ring (bicyclic) bond motifs is 1. The predicted molar refractivity (Wildman–Crippen MR) is 105 cm³/mol. The second-order valence-electron chi connectivity index (χ2n) is 5.95. The number of unbranched alkanes of at least 4 members (excludes halogenated alkanes) is 2. The van der Waals surface area contributed by atoms with Crippen molar-refractivity contribution in [1.82, 2.24) is 9.71 Å². The third-order valence-electron chi connectivity index (χ3n) is 3.96. The highest BCUT2D eigenvalue weighted by Gasteiger charge is 2.10. The van der Waals surface area contributed by atoms with Gasteiger partial charge in [0.1, 0.15) is 0 Å². The highest BCUT2D eigenvalue weighted by molar-refractivity contribution is 7.99. The molecule has 2 aromatic rings. The Labute approximate surface area is 154 Å². The first-order chi connectivity index (χ1) is 11.8. The van der Waals surface area contributed by atoms with Crippen molar-refractivity contribution in [2.75, 3.05) is 12.3 Å². The molecule has 1 aromatic carbocycles. The first-order valence-electron chi connectivity index (χ1n) is 8.08. The average molecular weight is 378 g/mol. The number of hydrogen-bond acceptors (Lipinski definition) is 4. The van der Waals surface area contributed by atoms with Crippen molar-refractivity contribution >= 4 is 32.9 Å². The van der Waals surface area contributed by atoms with Crippen molar-refractivity contribution in [2.45, 2.75) is 38.0 Å². The lowest BCUT2D eigenvalue weighted by Crippen LogP contribution is -2.31. The molecule has 134 valence electrons. The Morgan fingerprint density at radius 1 is 1.24 bits per heavy atom. The van der Waals surface area contributed by atoms with Gasteiger partial charge in [0.05, 0.1) is 11.1 Å². The fraction of sp³-hybridized carbons (Fsp3) is 0.389. The molecule has 1 heterocycles. The van der Waals surface area contributed by atoms with Crippen molar-refractivity contribution in [3.63, 3.8) is 0 Å². The summed E-state index contributed by atoms with van der Waals surface area (Å²) in [5.74, 6) is 3.64. The Morgan fingerprint density at radius 2 is 1.96 bits per heavy atom. The van der Waals surface area contributed by atoms with Gasteiger partial charge < -0.3 is 0 Å². The molecular weight excluding hydrogens is 354 g/mol. The number of nitrogens with two attached hydrogens (primary N) is 1. The molecular formula is C18H23N3O2S2. The summed E-state index contributed by atoms with van der Waals surface area (Å²) in [7, 11) is -3.59. The van der Waals surface area contributed by atoms with Crippen LogP contribution in [0.4, 0.5) is 0 Å². The summed E-state index contributed by atoms with van der Waals surface area (Å²) >= 11 is 1.73. The molecule has 0 radical (unpaired) electrons. The molecule has 0 aliphatic rings. The molecule has 2 rings (SSSR count). The number of rotatable bonds is 8. The van der Waals surface area contributed by atoms with E-state index in [1.54, 1.807) is 18.0 Å². The van der Waals surface area contributed by atoms with E-state index in [9.17, 15) is 8.42 Å². The standard InChI is InChI=1S/C18H23N3O2S2/c1-4-15-12-20-17-11-14(3)13(2)10-16(17)18(15)24-9-7-5-6-8-21-25(19,22)23/h1,10-12,21H,5-9H2,2-3H3,(H2,19,22,23). The Balaban J connectivity index is 2.00. The van der Waals surface area contributed by atoms with Gasteiger partial charge in [0, 0.05) is 23.0 Å². The van der Waals surface area contributed by atoms with Crippen LogP contribution in [0.1, 0.15) is 36.0 Å². The molecule has 0 fully saturated rings. The second kappa shape index (κ2) is 8.68. The molecule has 0 aliphatic heterocycles. The van der Waals surface area contributed by atoms with E-state index in [4.69, 9.17) is 11.6 Å². The summed E-state index contributed by atoms with van der Waals surface area (Å²) in [6.07, 6.45) is 10.0. The molecule has 0 saturated carbocycles. The molecule has 0 atom stereocenters. The Kier molecular flexibility index (Phi) is 6.85. The maximum Gasteiger partial charge on any atom is 0.274 e. The van der Waals surface area contributed by atoms with Crippen LogP contribution in [0.25, 0.3) is 10.9 Å². The van der Waals surface area contributed by atoms with Gasteiger partial charge >= 0.3 is 0 Å². The Bertz CT molecular complexity index is 903. The Morgan fingerprint density at radius 3 is 2.64 bits per heavy atom. The van der Waals surface area contributed by atoms with Gasteiger partial charge in [0.25, 0.3) is 10.2 Å². The number of hydrogen-bond donors (Lipinski definition) is 2. The first kappa shape index (κ1) is 19.7. The van der Waals surface area contributed by atoms with E-state index in [1.165, 1.54) is 11.1 Å². The van der Waals surface area contributed by atoms with E-state index in [0.717, 1.165) is 46.4 Å². The third kappa shape index (κ3) is 5.72. The molecule has 0 unspecified atom stereocenters. The summed E-state index contributed by atoms with van der Waals surface area (Å²) in [4.78, 5) is 5.57. The number of benzene rings is 1. The van der Waals surface area contributed by atoms with Gasteiger partial charge in [-0.1, -0.05) is 12.3 Å². The maximum absolute atomic E-state index is 10.8. The van der Waals surface area contributed by atoms with Crippen molar-refractivity contribution in [3.05, 3.63) is 35.0 Å². The van der Waals surface area contributed by atoms with Crippen LogP contribution in [-0.2, 0) is 10.2 Å². The minimum Gasteiger partial charge on any atom is -0.255 e. The number of terminal acetylenes is 1. The van der Waals surface area contributed by atoms with Crippen molar-refractivity contribution < 1.29 is 8.42 Å². The average Bonchev–Trinajstić information content (AvgIpc) is 2.54. The third-order valence-corrected chi connectivity index (χ3v) is 5.79. The van der Waals surface area contributed by atoms with Crippen molar-refractivity contribution in [3.8, 4) is 12.3 Å². The normalized spacial score (nSPS) is 11.6. The summed E-state index contributed by atoms with van der Waals surface area (Å²) in [6.45, 7) is 4.54. The second-order valence-corrected chi connectivity index (χ2v) is 8.43. The van der Waals surface area contributed by atoms with E-state index < -0.39 is 10.2 Å². The van der Waals surface area contributed by atoms with Crippen LogP contribution in [0.2, 0.25) is 0 Å². The minimum atomic E-state index is -3.59. The van der Waals surface area contributed by atoms with Crippen LogP contribution in [0, 0.1) is 26.2 Å². The summed E-state index contributed by atoms with van der Waals surface area (Å²) in [6, 6.07) is 4.24. The molecule has 0 amide bonds. The first-order valence-corrected chi connectivity index (χ1v) is 10.6. The zero-order valence-corrected chi connectivity index (χ0v) is 16.1. The molecule has 0 aliphatic carbocycles. The number of aryl methyl sites for hydroxylation is 2. The molecule has 3 N–H and O–H groups in total. The van der Waals surface area contributed by atoms with Crippen molar-refractivity contribution in [1.29, 1.82) is 0 Å². The minimum absolute atomic E-state index is 0.371. The van der Waals surface area contributed by atoms with E-state index in [2.05, 4.69) is 41.6 Å². The Hall–Kier alpha value is -1.59. The van der Waals surface area contributed by atoms with Crippen LogP contribution < -0.4 is 9.86 Å². The van der Waals surface area contributed by atoms with E-state index in [-0.39, 0.29) is 0 Å². The van der Waals surface area contributed by atoms with E-state index in [1.807, 2.05) is 0 Å². The maximum atomic E-state index is 10.8. The van der Waals surface area contributed by atoms with Gasteiger partial charge in [0.2, 0.25) is 0 Å². The highest BCUT2D eigenvalue weighted by atomic mass is 32.2. The van der Waals surface area contributed by atoms with Crippen LogP contribution in [0.15, 0.2) is 23.2 Å². The fourth-order valence-electron chi connectivity index (χ4n) is 2.48. The fourth-order valence-corrected chi connectivity index (χ4v) is 4.05. The summed E-state index contributed by atoms with van der Waals surface area (Å²) < 4.78 is 23.9. The quantitative estimate of drug-likeness (QED) is 0.421. The molecule has 25 heavy (non-hydrogen) atoms. The summed E-state index contributed by atoms with van der Waals surface area (Å²) in [5, 5.41) is 5.99. The van der Waals surface area contributed by atoms with Crippen LogP contribution in [0.5, 0.6) is 0 Å². The topological polar surface area (TPSA) is 85.1 Å². The largest absolute Gasteiger partial charge is 0.274 e. The number of aromatic nitrogens is 1. The number of nitrogens with zero attached hydrogens (tertiary/aromatic N) is 1. The van der Waals surface area contributed by atoms with Crippen molar-refractivity contribution in [2.24, 2.45) is 5.14 Å². The van der Waals surface area contributed by atoms with Gasteiger partial charge in [-0.15, -0.1) is 18.2 Å². The lowest BCUT2D eigenvalue weighted by atomic mass is 10.1. The number of nitrogens with one attached hydrogen (secondary N) is 1. The monoisotopic (exact) mass is 377 g/mol. The predicted octanol–water partition coefficient (Wildman–Crippen LogP) is 2.89. The van der Waals surface area contributed by atoms with Crippen LogP contribution in [-0.4, -0.2) is 25.7 Å². The van der Waals surface area contributed by atoms with Crippen LogP contribution in [0.3, 0.4) is 0 Å². The van der Waals surface area contributed by atoms with Gasteiger partial charge in [0.15, 0.2) is 0 Å². The van der Waals surface area contributed by atoms with Gasteiger partial charge in [-0.2, -0.15) is 8.42 Å². The van der Waals surface area contributed by atoms with E-state index in [0.29, 0.717) is 6.54 Å². The molecule has 0 spiro atoms. The highest BCUT2D eigenvalue weighted by Crippen LogP contribution is 2.32. The van der Waals surface area contributed by atoms with Crippen LogP contribution >= 0.6 is 11.8 Å². The van der Waals surface area contributed by atoms with Gasteiger partial charge in [-0.25, -0.2) is 9.86 Å². The smallest absolute Gasteiger partial charge is 0.255 e. The molecule has 1 aromatic heterocycles.